The zero-order chi connectivity index (χ0) is 10.2. The Morgan fingerprint density at radius 2 is 2.29 bits per heavy atom. The zero-order valence-electron chi connectivity index (χ0n) is 7.97. The number of nitrogens with one attached hydrogen (secondary N) is 1. The molecular formula is C10H14BrClN2. The molecule has 0 aliphatic carbocycles. The van der Waals surface area contributed by atoms with Gasteiger partial charge in [-0.05, 0) is 31.0 Å². The van der Waals surface area contributed by atoms with Crippen LogP contribution in [0.2, 0.25) is 5.02 Å². The Labute approximate surface area is 98.2 Å². The van der Waals surface area contributed by atoms with Crippen molar-refractivity contribution in [2.45, 2.75) is 19.4 Å². The fourth-order valence-corrected chi connectivity index (χ4v) is 1.70. The van der Waals surface area contributed by atoms with Crippen LogP contribution in [-0.4, -0.2) is 16.9 Å². The summed E-state index contributed by atoms with van der Waals surface area (Å²) >= 11 is 9.36. The van der Waals surface area contributed by atoms with E-state index in [2.05, 4.69) is 26.2 Å². The first-order valence-electron chi connectivity index (χ1n) is 4.69. The lowest BCUT2D eigenvalue weighted by Gasteiger charge is -2.05. The molecule has 1 aromatic heterocycles. The van der Waals surface area contributed by atoms with Crippen LogP contribution in [0.3, 0.4) is 0 Å². The summed E-state index contributed by atoms with van der Waals surface area (Å²) in [5.74, 6) is 0. The van der Waals surface area contributed by atoms with Crippen molar-refractivity contribution < 1.29 is 0 Å². The number of nitrogens with zero attached hydrogens (tertiary/aromatic N) is 1. The van der Waals surface area contributed by atoms with Crippen LogP contribution in [0.15, 0.2) is 18.5 Å². The molecule has 2 nitrogen and oxygen atoms in total. The second kappa shape index (κ2) is 7.21. The van der Waals surface area contributed by atoms with Gasteiger partial charge in [-0.25, -0.2) is 0 Å². The molecule has 0 amide bonds. The average molecular weight is 278 g/mol. The van der Waals surface area contributed by atoms with Crippen LogP contribution in [0, 0.1) is 0 Å². The fourth-order valence-electron chi connectivity index (χ4n) is 1.11. The number of halogens is 2. The molecule has 0 aromatic carbocycles. The van der Waals surface area contributed by atoms with Gasteiger partial charge in [-0.2, -0.15) is 0 Å². The molecule has 1 N–H and O–H groups in total. The van der Waals surface area contributed by atoms with Gasteiger partial charge >= 0.3 is 0 Å². The summed E-state index contributed by atoms with van der Waals surface area (Å²) in [7, 11) is 0. The Kier molecular flexibility index (Phi) is 6.15. The predicted molar refractivity (Wildman–Crippen MR) is 64.0 cm³/mol. The number of hydrogen-bond acceptors (Lipinski definition) is 2. The first-order valence-corrected chi connectivity index (χ1v) is 6.19. The number of unbranched alkanes of at least 4 members (excludes halogenated alkanes) is 1. The van der Waals surface area contributed by atoms with E-state index in [4.69, 9.17) is 11.6 Å². The molecule has 0 fully saturated rings. The highest BCUT2D eigenvalue weighted by atomic mass is 79.9. The van der Waals surface area contributed by atoms with Gasteiger partial charge in [0.1, 0.15) is 0 Å². The summed E-state index contributed by atoms with van der Waals surface area (Å²) in [6, 6.07) is 1.94. The van der Waals surface area contributed by atoms with E-state index in [9.17, 15) is 0 Å². The summed E-state index contributed by atoms with van der Waals surface area (Å²) in [6.45, 7) is 1.86. The molecule has 0 aliphatic heterocycles. The molecule has 1 heterocycles. The minimum absolute atomic E-state index is 0.737. The molecule has 0 radical (unpaired) electrons. The maximum atomic E-state index is 5.95. The van der Waals surface area contributed by atoms with Crippen LogP contribution in [0.1, 0.15) is 18.4 Å². The Balaban J connectivity index is 2.21. The van der Waals surface area contributed by atoms with Crippen LogP contribution in [-0.2, 0) is 6.54 Å². The van der Waals surface area contributed by atoms with E-state index in [1.54, 1.807) is 12.4 Å². The third kappa shape index (κ3) is 4.40. The molecule has 0 bridgehead atoms. The molecule has 1 rings (SSSR count). The van der Waals surface area contributed by atoms with Crippen molar-refractivity contribution in [1.82, 2.24) is 10.3 Å². The van der Waals surface area contributed by atoms with Crippen LogP contribution >= 0.6 is 27.5 Å². The Bertz CT molecular complexity index is 268. The molecule has 0 saturated carbocycles. The monoisotopic (exact) mass is 276 g/mol. The van der Waals surface area contributed by atoms with Gasteiger partial charge in [0, 0.05) is 24.3 Å². The predicted octanol–water partition coefficient (Wildman–Crippen LogP) is 3.00. The summed E-state index contributed by atoms with van der Waals surface area (Å²) in [4.78, 5) is 3.94. The molecule has 0 unspecified atom stereocenters. The number of hydrogen-bond donors (Lipinski definition) is 1. The van der Waals surface area contributed by atoms with E-state index in [-0.39, 0.29) is 0 Å². The van der Waals surface area contributed by atoms with Crippen molar-refractivity contribution in [2.24, 2.45) is 0 Å². The number of alkyl halides is 1. The number of rotatable bonds is 6. The van der Waals surface area contributed by atoms with E-state index in [1.165, 1.54) is 12.8 Å². The van der Waals surface area contributed by atoms with Gasteiger partial charge in [0.25, 0.3) is 0 Å². The summed E-state index contributed by atoms with van der Waals surface area (Å²) in [6.07, 6.45) is 5.84. The van der Waals surface area contributed by atoms with Crippen LogP contribution in [0.4, 0.5) is 0 Å². The van der Waals surface area contributed by atoms with Crippen molar-refractivity contribution in [3.05, 3.63) is 29.0 Å². The maximum Gasteiger partial charge on any atom is 0.0634 e. The van der Waals surface area contributed by atoms with Crippen molar-refractivity contribution in [2.75, 3.05) is 11.9 Å². The van der Waals surface area contributed by atoms with E-state index in [1.807, 2.05) is 6.07 Å². The fraction of sp³-hybridized carbons (Fsp3) is 0.500. The van der Waals surface area contributed by atoms with Crippen molar-refractivity contribution in [1.29, 1.82) is 0 Å². The van der Waals surface area contributed by atoms with Gasteiger partial charge in [-0.15, -0.1) is 0 Å². The van der Waals surface area contributed by atoms with Crippen LogP contribution < -0.4 is 5.32 Å². The molecule has 4 heteroatoms. The minimum Gasteiger partial charge on any atom is -0.313 e. The summed E-state index contributed by atoms with van der Waals surface area (Å²) in [5.41, 5.74) is 1.11. The van der Waals surface area contributed by atoms with Gasteiger partial charge in [0.05, 0.1) is 5.02 Å². The Hall–Kier alpha value is -0.120. The number of pyridine rings is 1. The van der Waals surface area contributed by atoms with E-state index < -0.39 is 0 Å². The second-order valence-electron chi connectivity index (χ2n) is 3.04. The van der Waals surface area contributed by atoms with E-state index in [0.29, 0.717) is 0 Å². The average Bonchev–Trinajstić information content (AvgIpc) is 2.20. The smallest absolute Gasteiger partial charge is 0.0634 e. The first kappa shape index (κ1) is 12.0. The molecule has 14 heavy (non-hydrogen) atoms. The highest BCUT2D eigenvalue weighted by molar-refractivity contribution is 9.09. The van der Waals surface area contributed by atoms with Crippen LogP contribution in [0.25, 0.3) is 0 Å². The highest BCUT2D eigenvalue weighted by Crippen LogP contribution is 2.12. The summed E-state index contributed by atoms with van der Waals surface area (Å²) < 4.78 is 0. The lowest BCUT2D eigenvalue weighted by molar-refractivity contribution is 0.644. The molecule has 0 saturated heterocycles. The standard InChI is InChI=1S/C10H14BrClN2/c11-4-1-2-5-13-7-9-3-6-14-8-10(9)12/h3,6,8,13H,1-2,4-5,7H2. The zero-order valence-corrected chi connectivity index (χ0v) is 10.3. The molecule has 78 valence electrons. The van der Waals surface area contributed by atoms with E-state index in [0.717, 1.165) is 29.0 Å². The molecular weight excluding hydrogens is 263 g/mol. The first-order chi connectivity index (χ1) is 6.84. The SMILES string of the molecule is Clc1cnccc1CNCCCCBr. The molecule has 0 aliphatic rings. The maximum absolute atomic E-state index is 5.95. The van der Waals surface area contributed by atoms with Crippen molar-refractivity contribution in [3.63, 3.8) is 0 Å². The van der Waals surface area contributed by atoms with Gasteiger partial charge in [0.15, 0.2) is 0 Å². The topological polar surface area (TPSA) is 24.9 Å². The normalized spacial score (nSPS) is 10.4. The Morgan fingerprint density at radius 3 is 3.00 bits per heavy atom. The van der Waals surface area contributed by atoms with Gasteiger partial charge in [-0.1, -0.05) is 27.5 Å². The van der Waals surface area contributed by atoms with Crippen molar-refractivity contribution >= 4 is 27.5 Å². The minimum atomic E-state index is 0.737. The third-order valence-corrected chi connectivity index (χ3v) is 2.81. The van der Waals surface area contributed by atoms with E-state index >= 15 is 0 Å². The van der Waals surface area contributed by atoms with Crippen LogP contribution in [0.5, 0.6) is 0 Å². The molecule has 0 spiro atoms. The lowest BCUT2D eigenvalue weighted by Crippen LogP contribution is -2.15. The molecule has 1 aromatic rings. The van der Waals surface area contributed by atoms with Gasteiger partial charge < -0.3 is 5.32 Å². The Morgan fingerprint density at radius 1 is 1.43 bits per heavy atom. The van der Waals surface area contributed by atoms with Gasteiger partial charge in [-0.3, -0.25) is 4.98 Å². The third-order valence-electron chi connectivity index (χ3n) is 1.91. The van der Waals surface area contributed by atoms with Gasteiger partial charge in [0.2, 0.25) is 0 Å². The van der Waals surface area contributed by atoms with Crippen molar-refractivity contribution in [3.8, 4) is 0 Å². The quantitative estimate of drug-likeness (QED) is 0.639. The lowest BCUT2D eigenvalue weighted by atomic mass is 10.2. The highest BCUT2D eigenvalue weighted by Gasteiger charge is 1.97. The molecule has 0 atom stereocenters. The summed E-state index contributed by atoms with van der Waals surface area (Å²) in [5, 5.41) is 5.15. The largest absolute Gasteiger partial charge is 0.313 e. The number of aromatic nitrogens is 1. The second-order valence-corrected chi connectivity index (χ2v) is 4.24.